The number of aryl methyl sites for hydroxylation is 3. The van der Waals surface area contributed by atoms with E-state index in [1.807, 2.05) is 42.5 Å². The Morgan fingerprint density at radius 1 is 1.03 bits per heavy atom. The molecule has 1 aromatic heterocycles. The number of ether oxygens (including phenoxy) is 1. The lowest BCUT2D eigenvalue weighted by atomic mass is 10.1. The van der Waals surface area contributed by atoms with Crippen LogP contribution in [0, 0.1) is 13.8 Å². The lowest BCUT2D eigenvalue weighted by Gasteiger charge is -2.07. The molecule has 6 heteroatoms. The number of hydrogen-bond acceptors (Lipinski definition) is 4. The molecule has 1 amide bonds. The zero-order valence-electron chi connectivity index (χ0n) is 17.8. The van der Waals surface area contributed by atoms with Gasteiger partial charge in [-0.2, -0.15) is 16.8 Å². The summed E-state index contributed by atoms with van der Waals surface area (Å²) in [6.07, 6.45) is 2.09. The molecule has 0 spiro atoms. The van der Waals surface area contributed by atoms with E-state index in [2.05, 4.69) is 41.8 Å². The highest BCUT2D eigenvalue weighted by molar-refractivity contribution is 7.98. The number of fused-ring (bicyclic) bond motifs is 1. The number of thiazole rings is 1. The maximum Gasteiger partial charge on any atom is 0.279 e. The van der Waals surface area contributed by atoms with Gasteiger partial charge in [0.15, 0.2) is 4.80 Å². The SMILES string of the molecule is CSCCn1c(=NC(=O)c2cccc(Oc3ccccc3)c2)sc2c(C)cc(C)cc21. The second kappa shape index (κ2) is 9.54. The van der Waals surface area contributed by atoms with Crippen molar-refractivity contribution in [1.29, 1.82) is 0 Å². The van der Waals surface area contributed by atoms with Crippen LogP contribution in [0.3, 0.4) is 0 Å². The van der Waals surface area contributed by atoms with Gasteiger partial charge in [0.1, 0.15) is 11.5 Å². The summed E-state index contributed by atoms with van der Waals surface area (Å²) in [4.78, 5) is 18.3. The zero-order chi connectivity index (χ0) is 21.8. The number of para-hydroxylation sites is 1. The van der Waals surface area contributed by atoms with Crippen LogP contribution in [0.5, 0.6) is 11.5 Å². The predicted octanol–water partition coefficient (Wildman–Crippen LogP) is 6.22. The van der Waals surface area contributed by atoms with E-state index in [4.69, 9.17) is 4.74 Å². The van der Waals surface area contributed by atoms with Crippen LogP contribution in [0.4, 0.5) is 0 Å². The van der Waals surface area contributed by atoms with Gasteiger partial charge >= 0.3 is 0 Å². The molecule has 0 N–H and O–H groups in total. The Morgan fingerprint density at radius 2 is 1.81 bits per heavy atom. The van der Waals surface area contributed by atoms with Crippen molar-refractivity contribution in [2.45, 2.75) is 20.4 Å². The van der Waals surface area contributed by atoms with Gasteiger partial charge in [-0.3, -0.25) is 4.79 Å². The van der Waals surface area contributed by atoms with Gasteiger partial charge in [-0.15, -0.1) is 0 Å². The molecule has 0 aliphatic rings. The van der Waals surface area contributed by atoms with E-state index >= 15 is 0 Å². The molecule has 0 aliphatic heterocycles. The molecule has 0 atom stereocenters. The van der Waals surface area contributed by atoms with Crippen LogP contribution in [0.1, 0.15) is 21.5 Å². The smallest absolute Gasteiger partial charge is 0.279 e. The molecule has 3 aromatic carbocycles. The van der Waals surface area contributed by atoms with E-state index in [9.17, 15) is 4.79 Å². The summed E-state index contributed by atoms with van der Waals surface area (Å²) in [5.74, 6) is 2.04. The van der Waals surface area contributed by atoms with E-state index in [0.717, 1.165) is 28.4 Å². The van der Waals surface area contributed by atoms with Crippen LogP contribution in [0.15, 0.2) is 71.7 Å². The van der Waals surface area contributed by atoms with Gasteiger partial charge in [0.25, 0.3) is 5.91 Å². The van der Waals surface area contributed by atoms with Crippen molar-refractivity contribution in [3.05, 3.63) is 88.2 Å². The third-order valence-electron chi connectivity index (χ3n) is 4.89. The first-order chi connectivity index (χ1) is 15.0. The molecular weight excluding hydrogens is 424 g/mol. The van der Waals surface area contributed by atoms with Crippen molar-refractivity contribution in [3.63, 3.8) is 0 Å². The highest BCUT2D eigenvalue weighted by Crippen LogP contribution is 2.25. The lowest BCUT2D eigenvalue weighted by molar-refractivity contribution is 0.0997. The number of nitrogens with zero attached hydrogens (tertiary/aromatic N) is 2. The van der Waals surface area contributed by atoms with Gasteiger partial charge < -0.3 is 9.30 Å². The number of aromatic nitrogens is 1. The highest BCUT2D eigenvalue weighted by Gasteiger charge is 2.12. The van der Waals surface area contributed by atoms with Crippen LogP contribution in [0.25, 0.3) is 10.2 Å². The second-order valence-electron chi connectivity index (χ2n) is 7.32. The van der Waals surface area contributed by atoms with E-state index in [1.54, 1.807) is 35.2 Å². The van der Waals surface area contributed by atoms with E-state index in [0.29, 0.717) is 11.3 Å². The molecule has 4 aromatic rings. The molecule has 4 rings (SSSR count). The fourth-order valence-electron chi connectivity index (χ4n) is 3.47. The third kappa shape index (κ3) is 4.92. The van der Waals surface area contributed by atoms with Crippen LogP contribution >= 0.6 is 23.1 Å². The van der Waals surface area contributed by atoms with Crippen molar-refractivity contribution in [2.75, 3.05) is 12.0 Å². The van der Waals surface area contributed by atoms with Gasteiger partial charge in [-0.25, -0.2) is 0 Å². The van der Waals surface area contributed by atoms with Crippen molar-refractivity contribution in [2.24, 2.45) is 4.99 Å². The standard InChI is InChI=1S/C25H24N2O2S2/c1-17-14-18(2)23-22(15-17)27(12-13-30-3)25(31-23)26-24(28)19-8-7-11-21(16-19)29-20-9-5-4-6-10-20/h4-11,14-16H,12-13H2,1-3H3. The summed E-state index contributed by atoms with van der Waals surface area (Å²) in [6, 6.07) is 21.1. The monoisotopic (exact) mass is 448 g/mol. The number of hydrogen-bond donors (Lipinski definition) is 0. The molecular formula is C25H24N2O2S2. The van der Waals surface area contributed by atoms with Crippen LogP contribution in [0.2, 0.25) is 0 Å². The van der Waals surface area contributed by atoms with E-state index < -0.39 is 0 Å². The predicted molar refractivity (Wildman–Crippen MR) is 131 cm³/mol. The Morgan fingerprint density at radius 3 is 2.58 bits per heavy atom. The maximum absolute atomic E-state index is 13.0. The van der Waals surface area contributed by atoms with Crippen LogP contribution in [-0.4, -0.2) is 22.5 Å². The van der Waals surface area contributed by atoms with E-state index in [-0.39, 0.29) is 5.91 Å². The molecule has 4 nitrogen and oxygen atoms in total. The van der Waals surface area contributed by atoms with Crippen LogP contribution in [-0.2, 0) is 6.54 Å². The Hall–Kier alpha value is -2.83. The summed E-state index contributed by atoms with van der Waals surface area (Å²) < 4.78 is 9.22. The minimum Gasteiger partial charge on any atom is -0.457 e. The zero-order valence-corrected chi connectivity index (χ0v) is 19.4. The Labute approximate surface area is 190 Å². The quantitative estimate of drug-likeness (QED) is 0.352. The Bertz CT molecular complexity index is 1290. The molecule has 31 heavy (non-hydrogen) atoms. The summed E-state index contributed by atoms with van der Waals surface area (Å²) >= 11 is 3.36. The average molecular weight is 449 g/mol. The topological polar surface area (TPSA) is 43.6 Å². The van der Waals surface area contributed by atoms with Crippen molar-refractivity contribution in [3.8, 4) is 11.5 Å². The number of carbonyl (C=O) groups is 1. The average Bonchev–Trinajstić information content (AvgIpc) is 3.10. The minimum absolute atomic E-state index is 0.266. The Kier molecular flexibility index (Phi) is 6.59. The molecule has 0 unspecified atom stereocenters. The maximum atomic E-state index is 13.0. The van der Waals surface area contributed by atoms with Crippen molar-refractivity contribution in [1.82, 2.24) is 4.57 Å². The lowest BCUT2D eigenvalue weighted by Crippen LogP contribution is -2.18. The summed E-state index contributed by atoms with van der Waals surface area (Å²) in [5.41, 5.74) is 4.08. The third-order valence-corrected chi connectivity index (χ3v) is 6.71. The highest BCUT2D eigenvalue weighted by atomic mass is 32.2. The molecule has 1 heterocycles. The number of amides is 1. The molecule has 0 radical (unpaired) electrons. The molecule has 0 aliphatic carbocycles. The summed E-state index contributed by atoms with van der Waals surface area (Å²) in [5, 5.41) is 0. The number of benzene rings is 3. The molecule has 0 fully saturated rings. The van der Waals surface area contributed by atoms with Gasteiger partial charge in [0, 0.05) is 17.9 Å². The first-order valence-corrected chi connectivity index (χ1v) is 12.3. The summed E-state index contributed by atoms with van der Waals surface area (Å²) in [7, 11) is 0. The van der Waals surface area contributed by atoms with Gasteiger partial charge in [-0.1, -0.05) is 41.7 Å². The largest absolute Gasteiger partial charge is 0.457 e. The first-order valence-electron chi connectivity index (χ1n) is 10.1. The van der Waals surface area contributed by atoms with Crippen LogP contribution < -0.4 is 9.54 Å². The van der Waals surface area contributed by atoms with E-state index in [1.165, 1.54) is 15.8 Å². The summed E-state index contributed by atoms with van der Waals surface area (Å²) in [6.45, 7) is 5.03. The molecule has 158 valence electrons. The van der Waals surface area contributed by atoms with Crippen molar-refractivity contribution < 1.29 is 9.53 Å². The Balaban J connectivity index is 1.72. The normalized spacial score (nSPS) is 11.8. The minimum atomic E-state index is -0.266. The van der Waals surface area contributed by atoms with Crippen molar-refractivity contribution >= 4 is 39.2 Å². The fourth-order valence-corrected chi connectivity index (χ4v) is 4.93. The van der Waals surface area contributed by atoms with Gasteiger partial charge in [-0.05, 0) is 67.6 Å². The molecule has 0 saturated carbocycles. The first kappa shape index (κ1) is 21.4. The van der Waals surface area contributed by atoms with Gasteiger partial charge in [0.2, 0.25) is 0 Å². The molecule has 0 bridgehead atoms. The number of carbonyl (C=O) groups excluding carboxylic acids is 1. The number of rotatable bonds is 6. The second-order valence-corrected chi connectivity index (χ2v) is 9.28. The van der Waals surface area contributed by atoms with Gasteiger partial charge in [0.05, 0.1) is 10.2 Å². The fraction of sp³-hybridized carbons (Fsp3) is 0.200. The molecule has 0 saturated heterocycles. The number of thioether (sulfide) groups is 1.